The SMILES string of the molecule is Oc1ccc(-c2nc(-c3ncccn3)no2)cc1. The van der Waals surface area contributed by atoms with Crippen molar-refractivity contribution in [3.05, 3.63) is 42.7 Å². The summed E-state index contributed by atoms with van der Waals surface area (Å²) in [5.41, 5.74) is 0.725. The Kier molecular flexibility index (Phi) is 2.45. The van der Waals surface area contributed by atoms with E-state index in [0.717, 1.165) is 5.56 Å². The van der Waals surface area contributed by atoms with Gasteiger partial charge in [0, 0.05) is 18.0 Å². The lowest BCUT2D eigenvalue weighted by atomic mass is 10.2. The van der Waals surface area contributed by atoms with Crippen molar-refractivity contribution in [2.45, 2.75) is 0 Å². The molecule has 0 aliphatic heterocycles. The van der Waals surface area contributed by atoms with Crippen LogP contribution in [0.5, 0.6) is 5.75 Å². The molecule has 0 unspecified atom stereocenters. The summed E-state index contributed by atoms with van der Waals surface area (Å²) in [5, 5.41) is 13.0. The molecular weight excluding hydrogens is 232 g/mol. The van der Waals surface area contributed by atoms with Crippen molar-refractivity contribution in [1.82, 2.24) is 20.1 Å². The molecule has 3 rings (SSSR count). The van der Waals surface area contributed by atoms with Gasteiger partial charge in [0.05, 0.1) is 0 Å². The molecule has 0 aliphatic carbocycles. The Morgan fingerprint density at radius 2 is 1.67 bits per heavy atom. The van der Waals surface area contributed by atoms with Gasteiger partial charge in [-0.1, -0.05) is 5.16 Å². The molecule has 6 heteroatoms. The van der Waals surface area contributed by atoms with Crippen LogP contribution >= 0.6 is 0 Å². The summed E-state index contributed by atoms with van der Waals surface area (Å²) >= 11 is 0. The molecule has 3 aromatic rings. The second-order valence-electron chi connectivity index (χ2n) is 3.54. The lowest BCUT2D eigenvalue weighted by molar-refractivity contribution is 0.431. The first-order valence-electron chi connectivity index (χ1n) is 5.23. The molecule has 1 N–H and O–H groups in total. The van der Waals surface area contributed by atoms with E-state index in [1.807, 2.05) is 0 Å². The molecule has 0 bridgehead atoms. The van der Waals surface area contributed by atoms with E-state index in [1.54, 1.807) is 42.7 Å². The number of rotatable bonds is 2. The van der Waals surface area contributed by atoms with Crippen LogP contribution in [0.4, 0.5) is 0 Å². The van der Waals surface area contributed by atoms with E-state index in [4.69, 9.17) is 4.52 Å². The van der Waals surface area contributed by atoms with Crippen molar-refractivity contribution >= 4 is 0 Å². The zero-order valence-corrected chi connectivity index (χ0v) is 9.19. The highest BCUT2D eigenvalue weighted by Gasteiger charge is 2.11. The molecule has 0 saturated heterocycles. The maximum Gasteiger partial charge on any atom is 0.258 e. The molecule has 0 aliphatic rings. The summed E-state index contributed by atoms with van der Waals surface area (Å²) in [6.07, 6.45) is 3.22. The fraction of sp³-hybridized carbons (Fsp3) is 0. The molecule has 0 saturated carbocycles. The van der Waals surface area contributed by atoms with Crippen LogP contribution in [0.15, 0.2) is 47.2 Å². The minimum Gasteiger partial charge on any atom is -0.508 e. The molecule has 0 radical (unpaired) electrons. The Balaban J connectivity index is 1.97. The number of phenols is 1. The third kappa shape index (κ3) is 1.91. The smallest absolute Gasteiger partial charge is 0.258 e. The molecule has 6 nitrogen and oxygen atoms in total. The molecule has 0 fully saturated rings. The summed E-state index contributed by atoms with van der Waals surface area (Å²) < 4.78 is 5.12. The summed E-state index contributed by atoms with van der Waals surface area (Å²) in [6, 6.07) is 8.21. The minimum atomic E-state index is 0.185. The van der Waals surface area contributed by atoms with Gasteiger partial charge in [0.2, 0.25) is 11.6 Å². The molecule has 0 amide bonds. The van der Waals surface area contributed by atoms with Crippen LogP contribution < -0.4 is 0 Å². The largest absolute Gasteiger partial charge is 0.508 e. The zero-order chi connectivity index (χ0) is 12.4. The Bertz CT molecular complexity index is 649. The molecule has 1 aromatic carbocycles. The highest BCUT2D eigenvalue weighted by atomic mass is 16.5. The zero-order valence-electron chi connectivity index (χ0n) is 9.19. The number of benzene rings is 1. The van der Waals surface area contributed by atoms with Gasteiger partial charge in [0.25, 0.3) is 5.89 Å². The van der Waals surface area contributed by atoms with Gasteiger partial charge >= 0.3 is 0 Å². The second kappa shape index (κ2) is 4.25. The van der Waals surface area contributed by atoms with E-state index in [2.05, 4.69) is 20.1 Å². The Labute approximate surface area is 102 Å². The molecule has 0 spiro atoms. The standard InChI is InChI=1S/C12H8N4O2/c17-9-4-2-8(3-5-9)12-15-11(16-18-12)10-13-6-1-7-14-10/h1-7,17H. The van der Waals surface area contributed by atoms with Gasteiger partial charge in [-0.05, 0) is 30.3 Å². The number of aromatic hydroxyl groups is 1. The van der Waals surface area contributed by atoms with Crippen LogP contribution in [-0.2, 0) is 0 Å². The average Bonchev–Trinajstić information content (AvgIpc) is 2.90. The van der Waals surface area contributed by atoms with Gasteiger partial charge in [-0.2, -0.15) is 4.98 Å². The third-order valence-electron chi connectivity index (χ3n) is 2.31. The van der Waals surface area contributed by atoms with Crippen molar-refractivity contribution in [3.8, 4) is 28.9 Å². The van der Waals surface area contributed by atoms with Gasteiger partial charge in [-0.3, -0.25) is 0 Å². The number of aromatic nitrogens is 4. The van der Waals surface area contributed by atoms with Crippen molar-refractivity contribution < 1.29 is 9.63 Å². The Hall–Kier alpha value is -2.76. The third-order valence-corrected chi connectivity index (χ3v) is 2.31. The highest BCUT2D eigenvalue weighted by molar-refractivity contribution is 5.56. The van der Waals surface area contributed by atoms with Crippen LogP contribution in [0.2, 0.25) is 0 Å². The summed E-state index contributed by atoms with van der Waals surface area (Å²) in [7, 11) is 0. The van der Waals surface area contributed by atoms with Crippen LogP contribution in [-0.4, -0.2) is 25.2 Å². The number of nitrogens with zero attached hydrogens (tertiary/aromatic N) is 4. The molecule has 0 atom stereocenters. The first kappa shape index (κ1) is 10.4. The number of phenolic OH excluding ortho intramolecular Hbond substituents is 1. The van der Waals surface area contributed by atoms with Crippen LogP contribution in [0.3, 0.4) is 0 Å². The lowest BCUT2D eigenvalue weighted by Gasteiger charge is -1.93. The van der Waals surface area contributed by atoms with Gasteiger partial charge in [-0.25, -0.2) is 9.97 Å². The maximum atomic E-state index is 9.20. The second-order valence-corrected chi connectivity index (χ2v) is 3.54. The first-order chi connectivity index (χ1) is 8.83. The monoisotopic (exact) mass is 240 g/mol. The van der Waals surface area contributed by atoms with Gasteiger partial charge in [-0.15, -0.1) is 0 Å². The summed E-state index contributed by atoms with van der Waals surface area (Å²) in [6.45, 7) is 0. The molecule has 2 aromatic heterocycles. The van der Waals surface area contributed by atoms with E-state index >= 15 is 0 Å². The number of hydrogen-bond donors (Lipinski definition) is 1. The fourth-order valence-electron chi connectivity index (χ4n) is 1.45. The van der Waals surface area contributed by atoms with Crippen LogP contribution in [0.25, 0.3) is 23.1 Å². The van der Waals surface area contributed by atoms with Crippen molar-refractivity contribution in [2.75, 3.05) is 0 Å². The summed E-state index contributed by atoms with van der Waals surface area (Å²) in [5.74, 6) is 1.28. The van der Waals surface area contributed by atoms with E-state index in [0.29, 0.717) is 17.5 Å². The first-order valence-corrected chi connectivity index (χ1v) is 5.23. The van der Waals surface area contributed by atoms with Gasteiger partial charge in [0.15, 0.2) is 0 Å². The normalized spacial score (nSPS) is 10.4. The molecule has 18 heavy (non-hydrogen) atoms. The van der Waals surface area contributed by atoms with E-state index in [9.17, 15) is 5.11 Å². The molecule has 88 valence electrons. The predicted molar refractivity (Wildman–Crippen MR) is 62.4 cm³/mol. The Morgan fingerprint density at radius 3 is 2.39 bits per heavy atom. The molecular formula is C12H8N4O2. The topological polar surface area (TPSA) is 84.9 Å². The van der Waals surface area contributed by atoms with Gasteiger partial charge in [0.1, 0.15) is 5.75 Å². The predicted octanol–water partition coefficient (Wildman–Crippen LogP) is 1.90. The summed E-state index contributed by atoms with van der Waals surface area (Å²) in [4.78, 5) is 12.3. The van der Waals surface area contributed by atoms with E-state index < -0.39 is 0 Å². The quantitative estimate of drug-likeness (QED) is 0.736. The lowest BCUT2D eigenvalue weighted by Crippen LogP contribution is -1.88. The van der Waals surface area contributed by atoms with Crippen molar-refractivity contribution in [1.29, 1.82) is 0 Å². The maximum absolute atomic E-state index is 9.20. The molecule has 2 heterocycles. The average molecular weight is 240 g/mol. The van der Waals surface area contributed by atoms with Crippen LogP contribution in [0.1, 0.15) is 0 Å². The van der Waals surface area contributed by atoms with E-state index in [-0.39, 0.29) is 5.75 Å². The highest BCUT2D eigenvalue weighted by Crippen LogP contribution is 2.21. The number of hydrogen-bond acceptors (Lipinski definition) is 6. The Morgan fingerprint density at radius 1 is 0.944 bits per heavy atom. The van der Waals surface area contributed by atoms with Gasteiger partial charge < -0.3 is 9.63 Å². The van der Waals surface area contributed by atoms with Crippen LogP contribution in [0, 0.1) is 0 Å². The van der Waals surface area contributed by atoms with E-state index in [1.165, 1.54) is 0 Å². The van der Waals surface area contributed by atoms with Crippen molar-refractivity contribution in [3.63, 3.8) is 0 Å². The fourth-order valence-corrected chi connectivity index (χ4v) is 1.45. The minimum absolute atomic E-state index is 0.185. The van der Waals surface area contributed by atoms with Crippen molar-refractivity contribution in [2.24, 2.45) is 0 Å².